The number of hydrogen-bond acceptors (Lipinski definition) is 6. The Labute approximate surface area is 229 Å². The first-order chi connectivity index (χ1) is 19.5. The number of fused-ring (bicyclic) bond motifs is 1. The molecule has 0 aliphatic carbocycles. The molecule has 3 aromatic carbocycles. The summed E-state index contributed by atoms with van der Waals surface area (Å²) in [4.78, 5) is 12.9. The number of halogens is 6. The van der Waals surface area contributed by atoms with E-state index in [1.165, 1.54) is 42.6 Å². The highest BCUT2D eigenvalue weighted by molar-refractivity contribution is 5.93. The van der Waals surface area contributed by atoms with E-state index in [2.05, 4.69) is 25.0 Å². The zero-order chi connectivity index (χ0) is 29.0. The number of alkyl halides is 6. The summed E-state index contributed by atoms with van der Waals surface area (Å²) in [7, 11) is 0. The third kappa shape index (κ3) is 7.09. The molecule has 12 heteroatoms. The van der Waals surface area contributed by atoms with Gasteiger partial charge >= 0.3 is 12.5 Å². The number of nitrogens with one attached hydrogen (secondary N) is 1. The standard InChI is InChI=1S/C29H20F6N4O2/c30-28(31,32)23-10-5-13-36-26(23)19-11-12-22-24(14-19)38-25(17-40-16-18-6-2-1-3-7-18)39-27(22)37-20-8-4-9-21(15-20)41-29(33,34)35/h1-15H,16-17H2,(H,37,38,39). The Morgan fingerprint density at radius 1 is 0.756 bits per heavy atom. The van der Waals surface area contributed by atoms with Gasteiger partial charge in [-0.3, -0.25) is 4.98 Å². The van der Waals surface area contributed by atoms with Crippen molar-refractivity contribution in [2.24, 2.45) is 0 Å². The second-order valence-electron chi connectivity index (χ2n) is 8.80. The zero-order valence-corrected chi connectivity index (χ0v) is 21.0. The van der Waals surface area contributed by atoms with Crippen LogP contribution in [0.15, 0.2) is 91.1 Å². The van der Waals surface area contributed by atoms with Gasteiger partial charge in [0.1, 0.15) is 18.2 Å². The van der Waals surface area contributed by atoms with Gasteiger partial charge in [0, 0.05) is 28.9 Å². The second-order valence-corrected chi connectivity index (χ2v) is 8.80. The van der Waals surface area contributed by atoms with Crippen molar-refractivity contribution in [3.63, 3.8) is 0 Å². The maximum absolute atomic E-state index is 13.7. The smallest absolute Gasteiger partial charge is 0.406 e. The average Bonchev–Trinajstić information content (AvgIpc) is 2.92. The van der Waals surface area contributed by atoms with E-state index in [0.717, 1.165) is 23.8 Å². The number of rotatable bonds is 8. The Bertz CT molecular complexity index is 1660. The van der Waals surface area contributed by atoms with Crippen molar-refractivity contribution in [1.82, 2.24) is 15.0 Å². The molecule has 5 aromatic rings. The lowest BCUT2D eigenvalue weighted by molar-refractivity contribution is -0.274. The number of nitrogens with zero attached hydrogens (tertiary/aromatic N) is 3. The van der Waals surface area contributed by atoms with Gasteiger partial charge in [0.2, 0.25) is 0 Å². The number of pyridine rings is 1. The number of aromatic nitrogens is 3. The summed E-state index contributed by atoms with van der Waals surface area (Å²) in [6, 6.07) is 21.1. The van der Waals surface area contributed by atoms with Gasteiger partial charge in [-0.05, 0) is 42.0 Å². The molecule has 2 heterocycles. The van der Waals surface area contributed by atoms with Crippen LogP contribution in [-0.4, -0.2) is 21.3 Å². The molecule has 5 rings (SSSR count). The summed E-state index contributed by atoms with van der Waals surface area (Å²) in [5, 5.41) is 3.38. The van der Waals surface area contributed by atoms with Crippen LogP contribution in [0.1, 0.15) is 17.0 Å². The van der Waals surface area contributed by atoms with Gasteiger partial charge in [0.05, 0.1) is 23.4 Å². The second kappa shape index (κ2) is 11.4. The van der Waals surface area contributed by atoms with Gasteiger partial charge in [0.25, 0.3) is 0 Å². The van der Waals surface area contributed by atoms with E-state index in [-0.39, 0.29) is 47.3 Å². The molecule has 0 saturated carbocycles. The highest BCUT2D eigenvalue weighted by Gasteiger charge is 2.34. The van der Waals surface area contributed by atoms with Gasteiger partial charge in [-0.25, -0.2) is 9.97 Å². The topological polar surface area (TPSA) is 69.2 Å². The van der Waals surface area contributed by atoms with E-state index in [9.17, 15) is 26.3 Å². The molecule has 0 fully saturated rings. The van der Waals surface area contributed by atoms with Crippen LogP contribution in [0.25, 0.3) is 22.2 Å². The molecule has 210 valence electrons. The third-order valence-electron chi connectivity index (χ3n) is 5.80. The van der Waals surface area contributed by atoms with E-state index in [1.54, 1.807) is 0 Å². The number of hydrogen-bond donors (Lipinski definition) is 1. The van der Waals surface area contributed by atoms with Crippen molar-refractivity contribution in [2.75, 3.05) is 5.32 Å². The zero-order valence-electron chi connectivity index (χ0n) is 21.0. The highest BCUT2D eigenvalue weighted by Crippen LogP contribution is 2.37. The van der Waals surface area contributed by atoms with Gasteiger partial charge in [-0.1, -0.05) is 42.5 Å². The predicted molar refractivity (Wildman–Crippen MR) is 139 cm³/mol. The summed E-state index contributed by atoms with van der Waals surface area (Å²) in [5.41, 5.74) is 0.418. The lowest BCUT2D eigenvalue weighted by Gasteiger charge is -2.15. The predicted octanol–water partition coefficient (Wildman–Crippen LogP) is 8.07. The van der Waals surface area contributed by atoms with Crippen LogP contribution in [0.2, 0.25) is 0 Å². The van der Waals surface area contributed by atoms with Crippen LogP contribution in [0, 0.1) is 0 Å². The lowest BCUT2D eigenvalue weighted by Crippen LogP contribution is -2.17. The fourth-order valence-electron chi connectivity index (χ4n) is 4.09. The van der Waals surface area contributed by atoms with E-state index in [4.69, 9.17) is 4.74 Å². The minimum absolute atomic E-state index is 0.0433. The van der Waals surface area contributed by atoms with E-state index in [0.29, 0.717) is 5.39 Å². The molecule has 41 heavy (non-hydrogen) atoms. The van der Waals surface area contributed by atoms with E-state index < -0.39 is 23.9 Å². The molecular formula is C29H20F6N4O2. The molecule has 0 aliphatic rings. The third-order valence-corrected chi connectivity index (χ3v) is 5.80. The molecule has 0 bridgehead atoms. The first kappa shape index (κ1) is 27.8. The summed E-state index contributed by atoms with van der Waals surface area (Å²) < 4.78 is 88.9. The fourth-order valence-corrected chi connectivity index (χ4v) is 4.09. The van der Waals surface area contributed by atoms with Crippen LogP contribution in [0.5, 0.6) is 5.75 Å². The van der Waals surface area contributed by atoms with Gasteiger partial charge in [0.15, 0.2) is 5.82 Å². The minimum Gasteiger partial charge on any atom is -0.406 e. The summed E-state index contributed by atoms with van der Waals surface area (Å²) in [6.45, 7) is 0.211. The monoisotopic (exact) mass is 570 g/mol. The van der Waals surface area contributed by atoms with Crippen molar-refractivity contribution in [2.45, 2.75) is 25.8 Å². The average molecular weight is 570 g/mol. The lowest BCUT2D eigenvalue weighted by atomic mass is 10.0. The number of benzene rings is 3. The van der Waals surface area contributed by atoms with Gasteiger partial charge in [-0.2, -0.15) is 13.2 Å². The molecule has 0 saturated heterocycles. The quantitative estimate of drug-likeness (QED) is 0.190. The van der Waals surface area contributed by atoms with Crippen molar-refractivity contribution >= 4 is 22.4 Å². The number of anilines is 2. The molecular weight excluding hydrogens is 550 g/mol. The summed E-state index contributed by atoms with van der Waals surface area (Å²) in [6.07, 6.45) is -8.24. The fraction of sp³-hybridized carbons (Fsp3) is 0.138. The highest BCUT2D eigenvalue weighted by atomic mass is 19.4. The molecule has 2 aromatic heterocycles. The molecule has 1 N–H and O–H groups in total. The molecule has 0 aliphatic heterocycles. The maximum Gasteiger partial charge on any atom is 0.573 e. The Hall–Kier alpha value is -4.71. The summed E-state index contributed by atoms with van der Waals surface area (Å²) >= 11 is 0. The van der Waals surface area contributed by atoms with Crippen molar-refractivity contribution in [1.29, 1.82) is 0 Å². The Balaban J connectivity index is 1.53. The van der Waals surface area contributed by atoms with E-state index >= 15 is 0 Å². The Kier molecular flexibility index (Phi) is 7.75. The molecule has 6 nitrogen and oxygen atoms in total. The minimum atomic E-state index is -4.87. The summed E-state index contributed by atoms with van der Waals surface area (Å²) in [5.74, 6) is -0.0293. The SMILES string of the molecule is FC(F)(F)Oc1cccc(Nc2nc(COCc3ccccc3)nc3cc(-c4ncccc4C(F)(F)F)ccc23)c1. The van der Waals surface area contributed by atoms with Gasteiger partial charge in [-0.15, -0.1) is 13.2 Å². The van der Waals surface area contributed by atoms with Crippen LogP contribution >= 0.6 is 0 Å². The maximum atomic E-state index is 13.7. The van der Waals surface area contributed by atoms with Crippen molar-refractivity contribution < 1.29 is 35.8 Å². The first-order valence-corrected chi connectivity index (χ1v) is 12.1. The first-order valence-electron chi connectivity index (χ1n) is 12.1. The molecule has 0 radical (unpaired) electrons. The van der Waals surface area contributed by atoms with Crippen LogP contribution < -0.4 is 10.1 Å². The van der Waals surface area contributed by atoms with E-state index in [1.807, 2.05) is 30.3 Å². The van der Waals surface area contributed by atoms with Crippen LogP contribution in [0.4, 0.5) is 37.8 Å². The normalized spacial score (nSPS) is 12.0. The number of ether oxygens (including phenoxy) is 2. The van der Waals surface area contributed by atoms with Crippen molar-refractivity contribution in [3.05, 3.63) is 108 Å². The molecule has 0 spiro atoms. The molecule has 0 unspecified atom stereocenters. The van der Waals surface area contributed by atoms with Crippen molar-refractivity contribution in [3.8, 4) is 17.0 Å². The molecule has 0 amide bonds. The van der Waals surface area contributed by atoms with Gasteiger partial charge < -0.3 is 14.8 Å². The largest absolute Gasteiger partial charge is 0.573 e. The van der Waals surface area contributed by atoms with Crippen LogP contribution in [0.3, 0.4) is 0 Å². The van der Waals surface area contributed by atoms with Crippen LogP contribution in [-0.2, 0) is 24.1 Å². The molecule has 0 atom stereocenters. The Morgan fingerprint density at radius 2 is 1.56 bits per heavy atom. The Morgan fingerprint density at radius 3 is 2.32 bits per heavy atom.